The maximum absolute atomic E-state index is 13.4. The summed E-state index contributed by atoms with van der Waals surface area (Å²) in [6.07, 6.45) is -0.807. The first-order valence-electron chi connectivity index (χ1n) is 6.79. The molecule has 0 aliphatic rings. The molecule has 2 aromatic carbocycles. The molecule has 0 aromatic heterocycles. The SMILES string of the molecule is COc1cc(C(O)c2cccc(OC(C)C)c2)ccc1F. The topological polar surface area (TPSA) is 38.7 Å². The van der Waals surface area contributed by atoms with Gasteiger partial charge in [-0.3, -0.25) is 0 Å². The van der Waals surface area contributed by atoms with Crippen molar-refractivity contribution in [3.8, 4) is 11.5 Å². The first-order chi connectivity index (χ1) is 10.0. The predicted molar refractivity (Wildman–Crippen MR) is 79.2 cm³/mol. The molecule has 2 rings (SSSR count). The number of methoxy groups -OCH3 is 1. The normalized spacial score (nSPS) is 12.3. The van der Waals surface area contributed by atoms with Crippen LogP contribution >= 0.6 is 0 Å². The number of rotatable bonds is 5. The van der Waals surface area contributed by atoms with Crippen LogP contribution in [-0.2, 0) is 0 Å². The lowest BCUT2D eigenvalue weighted by Gasteiger charge is -2.15. The molecule has 1 atom stereocenters. The lowest BCUT2D eigenvalue weighted by atomic mass is 10.0. The van der Waals surface area contributed by atoms with E-state index in [1.807, 2.05) is 26.0 Å². The highest BCUT2D eigenvalue weighted by molar-refractivity contribution is 5.38. The van der Waals surface area contributed by atoms with Crippen LogP contribution in [0.4, 0.5) is 4.39 Å². The molecule has 0 fully saturated rings. The molecule has 2 aromatic rings. The first kappa shape index (κ1) is 15.3. The summed E-state index contributed by atoms with van der Waals surface area (Å²) < 4.78 is 24.0. The summed E-state index contributed by atoms with van der Waals surface area (Å²) in [4.78, 5) is 0. The summed E-state index contributed by atoms with van der Waals surface area (Å²) in [6, 6.07) is 11.5. The van der Waals surface area contributed by atoms with Gasteiger partial charge in [0.1, 0.15) is 11.9 Å². The second kappa shape index (κ2) is 6.59. The second-order valence-corrected chi connectivity index (χ2v) is 5.04. The summed E-state index contributed by atoms with van der Waals surface area (Å²) in [6.45, 7) is 3.88. The van der Waals surface area contributed by atoms with E-state index < -0.39 is 11.9 Å². The van der Waals surface area contributed by atoms with Crippen molar-refractivity contribution in [2.75, 3.05) is 7.11 Å². The van der Waals surface area contributed by atoms with Crippen molar-refractivity contribution in [1.82, 2.24) is 0 Å². The molecule has 0 spiro atoms. The van der Waals surface area contributed by atoms with E-state index in [0.29, 0.717) is 16.9 Å². The minimum atomic E-state index is -0.866. The average molecular weight is 290 g/mol. The number of aliphatic hydroxyl groups excluding tert-OH is 1. The van der Waals surface area contributed by atoms with E-state index in [2.05, 4.69) is 0 Å². The van der Waals surface area contributed by atoms with Crippen LogP contribution in [0.5, 0.6) is 11.5 Å². The molecule has 0 saturated heterocycles. The molecule has 4 heteroatoms. The van der Waals surface area contributed by atoms with Crippen LogP contribution in [0.3, 0.4) is 0 Å². The highest BCUT2D eigenvalue weighted by Gasteiger charge is 2.14. The quantitative estimate of drug-likeness (QED) is 0.912. The van der Waals surface area contributed by atoms with Crippen molar-refractivity contribution >= 4 is 0 Å². The summed E-state index contributed by atoms with van der Waals surface area (Å²) in [5.74, 6) is 0.349. The van der Waals surface area contributed by atoms with Crippen molar-refractivity contribution in [2.24, 2.45) is 0 Å². The minimum absolute atomic E-state index is 0.0586. The maximum Gasteiger partial charge on any atom is 0.165 e. The summed E-state index contributed by atoms with van der Waals surface area (Å²) in [5.41, 5.74) is 1.25. The molecule has 1 unspecified atom stereocenters. The summed E-state index contributed by atoms with van der Waals surface area (Å²) >= 11 is 0. The largest absolute Gasteiger partial charge is 0.494 e. The highest BCUT2D eigenvalue weighted by atomic mass is 19.1. The number of benzene rings is 2. The Hall–Kier alpha value is -2.07. The Bertz CT molecular complexity index is 611. The van der Waals surface area contributed by atoms with Gasteiger partial charge in [0.25, 0.3) is 0 Å². The fourth-order valence-electron chi connectivity index (χ4n) is 2.07. The van der Waals surface area contributed by atoms with E-state index in [-0.39, 0.29) is 11.9 Å². The standard InChI is InChI=1S/C17H19FO3/c1-11(2)21-14-6-4-5-12(9-14)17(19)13-7-8-15(18)16(10-13)20-3/h4-11,17,19H,1-3H3. The number of hydrogen-bond donors (Lipinski definition) is 1. The number of aliphatic hydroxyl groups is 1. The first-order valence-corrected chi connectivity index (χ1v) is 6.79. The highest BCUT2D eigenvalue weighted by Crippen LogP contribution is 2.28. The number of ether oxygens (including phenoxy) is 2. The van der Waals surface area contributed by atoms with E-state index in [1.54, 1.807) is 18.2 Å². The van der Waals surface area contributed by atoms with Gasteiger partial charge in [-0.1, -0.05) is 18.2 Å². The van der Waals surface area contributed by atoms with Crippen molar-refractivity contribution in [3.63, 3.8) is 0 Å². The third-order valence-electron chi connectivity index (χ3n) is 3.04. The van der Waals surface area contributed by atoms with E-state index in [0.717, 1.165) is 0 Å². The van der Waals surface area contributed by atoms with Crippen LogP contribution in [0.1, 0.15) is 31.1 Å². The van der Waals surface area contributed by atoms with Gasteiger partial charge in [-0.05, 0) is 49.2 Å². The van der Waals surface area contributed by atoms with Crippen LogP contribution < -0.4 is 9.47 Å². The minimum Gasteiger partial charge on any atom is -0.494 e. The Labute approximate surface area is 124 Å². The fraction of sp³-hybridized carbons (Fsp3) is 0.294. The van der Waals surface area contributed by atoms with E-state index >= 15 is 0 Å². The zero-order valence-corrected chi connectivity index (χ0v) is 12.3. The van der Waals surface area contributed by atoms with E-state index in [9.17, 15) is 9.50 Å². The molecule has 0 amide bonds. The van der Waals surface area contributed by atoms with Gasteiger partial charge in [-0.15, -0.1) is 0 Å². The molecule has 0 aliphatic heterocycles. The molecule has 21 heavy (non-hydrogen) atoms. The fourth-order valence-corrected chi connectivity index (χ4v) is 2.07. The second-order valence-electron chi connectivity index (χ2n) is 5.04. The van der Waals surface area contributed by atoms with Crippen molar-refractivity contribution < 1.29 is 19.0 Å². The van der Waals surface area contributed by atoms with Gasteiger partial charge < -0.3 is 14.6 Å². The van der Waals surface area contributed by atoms with Gasteiger partial charge in [0.2, 0.25) is 0 Å². The Balaban J connectivity index is 2.29. The molecule has 3 nitrogen and oxygen atoms in total. The Kier molecular flexibility index (Phi) is 4.81. The monoisotopic (exact) mass is 290 g/mol. The van der Waals surface area contributed by atoms with Crippen LogP contribution in [0.25, 0.3) is 0 Å². The molecule has 0 radical (unpaired) electrons. The number of halogens is 1. The van der Waals surface area contributed by atoms with Crippen LogP contribution in [0, 0.1) is 5.82 Å². The molecule has 1 N–H and O–H groups in total. The van der Waals surface area contributed by atoms with Gasteiger partial charge in [-0.2, -0.15) is 0 Å². The van der Waals surface area contributed by atoms with Crippen molar-refractivity contribution in [1.29, 1.82) is 0 Å². The molecular weight excluding hydrogens is 271 g/mol. The smallest absolute Gasteiger partial charge is 0.165 e. The molecule has 0 aliphatic carbocycles. The average Bonchev–Trinajstić information content (AvgIpc) is 2.46. The van der Waals surface area contributed by atoms with Crippen LogP contribution in [0.2, 0.25) is 0 Å². The summed E-state index contributed by atoms with van der Waals surface area (Å²) in [5, 5.41) is 10.4. The van der Waals surface area contributed by atoms with Crippen LogP contribution in [0.15, 0.2) is 42.5 Å². The van der Waals surface area contributed by atoms with Gasteiger partial charge in [-0.25, -0.2) is 4.39 Å². The van der Waals surface area contributed by atoms with Crippen molar-refractivity contribution in [3.05, 3.63) is 59.4 Å². The third kappa shape index (κ3) is 3.73. The van der Waals surface area contributed by atoms with E-state index in [1.165, 1.54) is 19.2 Å². The molecule has 0 heterocycles. The predicted octanol–water partition coefficient (Wildman–Crippen LogP) is 3.70. The molecule has 112 valence electrons. The lowest BCUT2D eigenvalue weighted by Crippen LogP contribution is -2.06. The maximum atomic E-state index is 13.4. The zero-order valence-electron chi connectivity index (χ0n) is 12.3. The van der Waals surface area contributed by atoms with Gasteiger partial charge >= 0.3 is 0 Å². The third-order valence-corrected chi connectivity index (χ3v) is 3.04. The molecule has 0 saturated carbocycles. The van der Waals surface area contributed by atoms with Crippen LogP contribution in [-0.4, -0.2) is 18.3 Å². The number of hydrogen-bond acceptors (Lipinski definition) is 3. The Morgan fingerprint density at radius 2 is 1.76 bits per heavy atom. The van der Waals surface area contributed by atoms with Gasteiger partial charge in [0, 0.05) is 0 Å². The van der Waals surface area contributed by atoms with Crippen molar-refractivity contribution in [2.45, 2.75) is 26.1 Å². The summed E-state index contributed by atoms with van der Waals surface area (Å²) in [7, 11) is 1.39. The Morgan fingerprint density at radius 1 is 1.05 bits per heavy atom. The zero-order chi connectivity index (χ0) is 15.4. The molecule has 0 bridgehead atoms. The Morgan fingerprint density at radius 3 is 2.43 bits per heavy atom. The van der Waals surface area contributed by atoms with Gasteiger partial charge in [0.05, 0.1) is 13.2 Å². The lowest BCUT2D eigenvalue weighted by molar-refractivity contribution is 0.216. The van der Waals surface area contributed by atoms with E-state index in [4.69, 9.17) is 9.47 Å². The molecular formula is C17H19FO3. The van der Waals surface area contributed by atoms with Gasteiger partial charge in [0.15, 0.2) is 11.6 Å².